The summed E-state index contributed by atoms with van der Waals surface area (Å²) in [6, 6.07) is 15.0. The van der Waals surface area contributed by atoms with E-state index in [1.54, 1.807) is 12.1 Å². The number of hydrogen-bond acceptors (Lipinski definition) is 8. The number of nitrogens with zero attached hydrogens (tertiary/aromatic N) is 2. The van der Waals surface area contributed by atoms with Crippen molar-refractivity contribution in [3.05, 3.63) is 92.0 Å². The maximum atomic E-state index is 10.8. The maximum Gasteiger partial charge on any atom is 0.269 e. The zero-order valence-electron chi connectivity index (χ0n) is 17.3. The Hall–Kier alpha value is -4.34. The first-order valence-corrected chi connectivity index (χ1v) is 9.39. The molecule has 0 atom stereocenters. The molecule has 0 spiro atoms. The normalized spacial score (nSPS) is 10.3. The van der Waals surface area contributed by atoms with Crippen molar-refractivity contribution in [2.24, 2.45) is 0 Å². The fraction of sp³-hybridized carbons (Fsp3) is 0.182. The molecule has 0 aliphatic rings. The van der Waals surface area contributed by atoms with Gasteiger partial charge in [0.2, 0.25) is 0 Å². The molecule has 32 heavy (non-hydrogen) atoms. The molecule has 3 aromatic rings. The number of hydrogen-bond donors (Lipinski definition) is 0. The predicted molar refractivity (Wildman–Crippen MR) is 114 cm³/mol. The number of non-ortho nitro benzene ring substituents is 2. The first-order chi connectivity index (χ1) is 15.4. The summed E-state index contributed by atoms with van der Waals surface area (Å²) in [5, 5.41) is 21.6. The Bertz CT molecular complexity index is 1020. The van der Waals surface area contributed by atoms with Crippen LogP contribution >= 0.6 is 0 Å². The zero-order valence-corrected chi connectivity index (χ0v) is 17.3. The smallest absolute Gasteiger partial charge is 0.269 e. The third-order valence-corrected chi connectivity index (χ3v) is 4.54. The molecule has 0 heterocycles. The maximum absolute atomic E-state index is 10.8. The molecule has 0 saturated heterocycles. The van der Waals surface area contributed by atoms with Gasteiger partial charge >= 0.3 is 0 Å². The summed E-state index contributed by atoms with van der Waals surface area (Å²) < 4.78 is 22.4. The molecular formula is C22H20N2O8. The summed E-state index contributed by atoms with van der Waals surface area (Å²) in [5.41, 5.74) is 1.32. The van der Waals surface area contributed by atoms with Crippen LogP contribution in [0.4, 0.5) is 11.4 Å². The predicted octanol–water partition coefficient (Wildman–Crippen LogP) is 4.68. The summed E-state index contributed by atoms with van der Waals surface area (Å²) >= 11 is 0. The molecule has 166 valence electrons. The van der Waals surface area contributed by atoms with Gasteiger partial charge in [0.05, 0.1) is 24.1 Å². The molecule has 0 bridgehead atoms. The molecule has 0 amide bonds. The Morgan fingerprint density at radius 1 is 0.656 bits per heavy atom. The number of nitro benzene ring substituents is 2. The Kier molecular flexibility index (Phi) is 7.06. The lowest BCUT2D eigenvalue weighted by Gasteiger charge is -2.17. The van der Waals surface area contributed by atoms with Crippen molar-refractivity contribution in [1.82, 2.24) is 0 Å². The zero-order chi connectivity index (χ0) is 23.1. The van der Waals surface area contributed by atoms with Gasteiger partial charge < -0.3 is 18.9 Å². The minimum Gasteiger partial charge on any atom is -0.497 e. The van der Waals surface area contributed by atoms with Crippen LogP contribution in [0.2, 0.25) is 0 Å². The van der Waals surface area contributed by atoms with E-state index in [0.29, 0.717) is 34.1 Å². The second kappa shape index (κ2) is 10.1. The molecule has 3 rings (SSSR count). The van der Waals surface area contributed by atoms with Crippen molar-refractivity contribution in [3.63, 3.8) is 0 Å². The van der Waals surface area contributed by atoms with Gasteiger partial charge in [-0.2, -0.15) is 0 Å². The molecule has 0 fully saturated rings. The molecular weight excluding hydrogens is 420 g/mol. The summed E-state index contributed by atoms with van der Waals surface area (Å²) in [6.07, 6.45) is 0. The number of ether oxygens (including phenoxy) is 4. The van der Waals surface area contributed by atoms with E-state index in [1.807, 2.05) is 0 Å². The standard InChI is InChI=1S/C22H20N2O8/c1-29-21-11-15(13-31-19-7-3-17(4-8-19)23(25)26)22(30-2)16(12-21)14-32-20-9-5-18(6-10-20)24(27)28/h3-12H,13-14H2,1-2H3. The van der Waals surface area contributed by atoms with Gasteiger partial charge in [-0.1, -0.05) is 0 Å². The third-order valence-electron chi connectivity index (χ3n) is 4.54. The lowest BCUT2D eigenvalue weighted by molar-refractivity contribution is -0.385. The summed E-state index contributed by atoms with van der Waals surface area (Å²) in [4.78, 5) is 20.6. The SMILES string of the molecule is COc1cc(COc2ccc([N+](=O)[O-])cc2)c(OC)c(COc2ccc([N+](=O)[O-])cc2)c1. The Morgan fingerprint density at radius 2 is 1.06 bits per heavy atom. The highest BCUT2D eigenvalue weighted by Crippen LogP contribution is 2.32. The van der Waals surface area contributed by atoms with E-state index in [9.17, 15) is 20.2 Å². The Morgan fingerprint density at radius 3 is 1.38 bits per heavy atom. The van der Waals surface area contributed by atoms with Crippen molar-refractivity contribution in [1.29, 1.82) is 0 Å². The van der Waals surface area contributed by atoms with Crippen molar-refractivity contribution in [2.45, 2.75) is 13.2 Å². The average Bonchev–Trinajstić information content (AvgIpc) is 2.81. The van der Waals surface area contributed by atoms with Crippen LogP contribution in [0.25, 0.3) is 0 Å². The van der Waals surface area contributed by atoms with E-state index in [1.165, 1.54) is 62.8 Å². The van der Waals surface area contributed by atoms with Crippen LogP contribution in [0, 0.1) is 20.2 Å². The molecule has 0 radical (unpaired) electrons. The van der Waals surface area contributed by atoms with Gasteiger partial charge in [-0.15, -0.1) is 0 Å². The second-order valence-corrected chi connectivity index (χ2v) is 6.56. The van der Waals surface area contributed by atoms with E-state index in [4.69, 9.17) is 18.9 Å². The first-order valence-electron chi connectivity index (χ1n) is 9.39. The monoisotopic (exact) mass is 440 g/mol. The Labute approximate surface area is 183 Å². The van der Waals surface area contributed by atoms with E-state index >= 15 is 0 Å². The van der Waals surface area contributed by atoms with Gasteiger partial charge in [-0.3, -0.25) is 20.2 Å². The van der Waals surface area contributed by atoms with Crippen LogP contribution < -0.4 is 18.9 Å². The highest BCUT2D eigenvalue weighted by atomic mass is 16.6. The third kappa shape index (κ3) is 5.42. The minimum absolute atomic E-state index is 0.0259. The molecule has 0 unspecified atom stereocenters. The van der Waals surface area contributed by atoms with E-state index in [0.717, 1.165) is 0 Å². The van der Waals surface area contributed by atoms with Gasteiger partial charge in [0.25, 0.3) is 11.4 Å². The van der Waals surface area contributed by atoms with Crippen LogP contribution in [0.15, 0.2) is 60.7 Å². The second-order valence-electron chi connectivity index (χ2n) is 6.56. The van der Waals surface area contributed by atoms with Crippen LogP contribution in [0.1, 0.15) is 11.1 Å². The van der Waals surface area contributed by atoms with E-state index in [2.05, 4.69) is 0 Å². The molecule has 0 N–H and O–H groups in total. The highest BCUT2D eigenvalue weighted by molar-refractivity contribution is 5.48. The van der Waals surface area contributed by atoms with Gasteiger partial charge in [-0.25, -0.2) is 0 Å². The fourth-order valence-electron chi connectivity index (χ4n) is 2.97. The average molecular weight is 440 g/mol. The van der Waals surface area contributed by atoms with Gasteiger partial charge in [0.15, 0.2) is 0 Å². The molecule has 0 saturated carbocycles. The van der Waals surface area contributed by atoms with Crippen molar-refractivity contribution < 1.29 is 28.8 Å². The lowest BCUT2D eigenvalue weighted by Crippen LogP contribution is -2.05. The van der Waals surface area contributed by atoms with Gasteiger partial charge in [0, 0.05) is 35.4 Å². The highest BCUT2D eigenvalue weighted by Gasteiger charge is 2.15. The summed E-state index contributed by atoms with van der Waals surface area (Å²) in [5.74, 6) is 2.03. The molecule has 0 aromatic heterocycles. The van der Waals surface area contributed by atoms with Crippen molar-refractivity contribution in [2.75, 3.05) is 14.2 Å². The quantitative estimate of drug-likeness (QED) is 0.329. The summed E-state index contributed by atoms with van der Waals surface area (Å²) in [7, 11) is 3.05. The molecule has 10 heteroatoms. The molecule has 10 nitrogen and oxygen atoms in total. The van der Waals surface area contributed by atoms with E-state index < -0.39 is 9.85 Å². The van der Waals surface area contributed by atoms with Crippen LogP contribution in [-0.4, -0.2) is 24.1 Å². The fourth-order valence-corrected chi connectivity index (χ4v) is 2.97. The van der Waals surface area contributed by atoms with Crippen LogP contribution in [0.5, 0.6) is 23.0 Å². The molecule has 0 aliphatic carbocycles. The number of methoxy groups -OCH3 is 2. The molecule has 3 aromatic carbocycles. The topological polar surface area (TPSA) is 123 Å². The minimum atomic E-state index is -0.480. The van der Waals surface area contributed by atoms with Gasteiger partial charge in [-0.05, 0) is 36.4 Å². The largest absolute Gasteiger partial charge is 0.497 e. The summed E-state index contributed by atoms with van der Waals surface area (Å²) in [6.45, 7) is 0.255. The lowest BCUT2D eigenvalue weighted by atomic mass is 10.1. The van der Waals surface area contributed by atoms with Crippen LogP contribution in [-0.2, 0) is 13.2 Å². The molecule has 0 aliphatic heterocycles. The Balaban J connectivity index is 1.77. The van der Waals surface area contributed by atoms with Crippen LogP contribution in [0.3, 0.4) is 0 Å². The van der Waals surface area contributed by atoms with Gasteiger partial charge in [0.1, 0.15) is 36.2 Å². The number of benzene rings is 3. The van der Waals surface area contributed by atoms with Crippen molar-refractivity contribution in [3.8, 4) is 23.0 Å². The van der Waals surface area contributed by atoms with Crippen molar-refractivity contribution >= 4 is 11.4 Å². The van der Waals surface area contributed by atoms with E-state index in [-0.39, 0.29) is 24.6 Å². The first kappa shape index (κ1) is 22.3. The number of rotatable bonds is 10. The number of nitro groups is 2.